The lowest BCUT2D eigenvalue weighted by molar-refractivity contribution is -0.126. The van der Waals surface area contributed by atoms with Crippen molar-refractivity contribution in [2.24, 2.45) is 0 Å². The molecular weight excluding hydrogens is 404 g/mol. The van der Waals surface area contributed by atoms with Crippen molar-refractivity contribution in [3.8, 4) is 11.5 Å². The third-order valence-electron chi connectivity index (χ3n) is 6.59. The van der Waals surface area contributed by atoms with Gasteiger partial charge in [0.1, 0.15) is 17.5 Å². The Labute approximate surface area is 189 Å². The first-order chi connectivity index (χ1) is 15.6. The zero-order valence-electron chi connectivity index (χ0n) is 18.9. The predicted octanol–water partition coefficient (Wildman–Crippen LogP) is 4.63. The van der Waals surface area contributed by atoms with E-state index in [-0.39, 0.29) is 24.4 Å². The fourth-order valence-corrected chi connectivity index (χ4v) is 4.86. The number of nitrogens with one attached hydrogen (secondary N) is 1. The van der Waals surface area contributed by atoms with Crippen LogP contribution in [0.25, 0.3) is 0 Å². The van der Waals surface area contributed by atoms with E-state index in [1.54, 1.807) is 31.3 Å². The molecule has 1 fully saturated rings. The largest absolute Gasteiger partial charge is 0.497 e. The first kappa shape index (κ1) is 22.2. The number of ether oxygens (including phenoxy) is 2. The second-order valence-corrected chi connectivity index (χ2v) is 8.65. The van der Waals surface area contributed by atoms with Gasteiger partial charge in [0.2, 0.25) is 5.91 Å². The van der Waals surface area contributed by atoms with Crippen LogP contribution in [0.15, 0.2) is 42.5 Å². The minimum Gasteiger partial charge on any atom is -0.497 e. The summed E-state index contributed by atoms with van der Waals surface area (Å²) in [6.07, 6.45) is 8.00. The summed E-state index contributed by atoms with van der Waals surface area (Å²) >= 11 is 0. The number of amides is 2. The topological polar surface area (TPSA) is 67.9 Å². The summed E-state index contributed by atoms with van der Waals surface area (Å²) in [6.45, 7) is 0.281. The Balaban J connectivity index is 1.60. The average molecular weight is 437 g/mol. The number of nitrogens with zero attached hydrogens (tertiary/aromatic N) is 1. The Kier molecular flexibility index (Phi) is 6.98. The van der Waals surface area contributed by atoms with Gasteiger partial charge in [0.15, 0.2) is 0 Å². The van der Waals surface area contributed by atoms with Gasteiger partial charge < -0.3 is 19.7 Å². The Morgan fingerprint density at radius 1 is 1.00 bits per heavy atom. The van der Waals surface area contributed by atoms with Crippen LogP contribution in [0.2, 0.25) is 0 Å². The van der Waals surface area contributed by atoms with Crippen molar-refractivity contribution >= 4 is 11.8 Å². The monoisotopic (exact) mass is 436 g/mol. The van der Waals surface area contributed by atoms with E-state index in [1.807, 2.05) is 30.3 Å². The molecule has 0 radical (unpaired) electrons. The molecule has 1 unspecified atom stereocenters. The highest BCUT2D eigenvalue weighted by molar-refractivity contribution is 6.04. The molecule has 1 saturated carbocycles. The normalized spacial score (nSPS) is 19.1. The van der Waals surface area contributed by atoms with Crippen molar-refractivity contribution in [3.05, 3.63) is 59.2 Å². The van der Waals surface area contributed by atoms with Crippen LogP contribution in [0.5, 0.6) is 11.5 Å². The molecule has 1 aliphatic carbocycles. The molecule has 0 bridgehead atoms. The van der Waals surface area contributed by atoms with Crippen LogP contribution in [-0.4, -0.2) is 37.0 Å². The summed E-state index contributed by atoms with van der Waals surface area (Å²) in [5.74, 6) is 1.09. The predicted molar refractivity (Wildman–Crippen MR) is 123 cm³/mol. The van der Waals surface area contributed by atoms with Gasteiger partial charge in [-0.05, 0) is 36.6 Å². The zero-order chi connectivity index (χ0) is 22.5. The van der Waals surface area contributed by atoms with Crippen molar-refractivity contribution in [2.45, 2.75) is 63.6 Å². The molecule has 1 N–H and O–H groups in total. The molecule has 1 atom stereocenters. The van der Waals surface area contributed by atoms with Crippen LogP contribution in [0.3, 0.4) is 0 Å². The Hall–Kier alpha value is -3.02. The molecule has 1 heterocycles. The third-order valence-corrected chi connectivity index (χ3v) is 6.59. The summed E-state index contributed by atoms with van der Waals surface area (Å²) in [5.41, 5.74) is 2.20. The van der Waals surface area contributed by atoms with Crippen molar-refractivity contribution in [1.82, 2.24) is 10.2 Å². The lowest BCUT2D eigenvalue weighted by Crippen LogP contribution is -2.43. The van der Waals surface area contributed by atoms with Gasteiger partial charge in [0, 0.05) is 23.2 Å². The SMILES string of the molecule is COc1ccc(CN2C(=O)c3ccccc3C2C(=O)NC2CCCCCCC2)c(OC)c1. The van der Waals surface area contributed by atoms with Gasteiger partial charge >= 0.3 is 0 Å². The first-order valence-electron chi connectivity index (χ1n) is 11.5. The number of benzene rings is 2. The molecular formula is C26H32N2O4. The summed E-state index contributed by atoms with van der Waals surface area (Å²) in [6, 6.07) is 12.5. The lowest BCUT2D eigenvalue weighted by atomic mass is 9.96. The van der Waals surface area contributed by atoms with E-state index in [9.17, 15) is 9.59 Å². The maximum Gasteiger partial charge on any atom is 0.255 e. The number of hydrogen-bond donors (Lipinski definition) is 1. The zero-order valence-corrected chi connectivity index (χ0v) is 18.9. The molecule has 0 saturated heterocycles. The minimum absolute atomic E-state index is 0.0960. The van der Waals surface area contributed by atoms with Gasteiger partial charge in [-0.15, -0.1) is 0 Å². The summed E-state index contributed by atoms with van der Waals surface area (Å²) in [5, 5.41) is 3.27. The Morgan fingerprint density at radius 2 is 1.72 bits per heavy atom. The Morgan fingerprint density at radius 3 is 2.44 bits per heavy atom. The first-order valence-corrected chi connectivity index (χ1v) is 11.5. The molecule has 2 aliphatic rings. The van der Waals surface area contributed by atoms with E-state index in [0.29, 0.717) is 17.1 Å². The van der Waals surface area contributed by atoms with Crippen molar-refractivity contribution < 1.29 is 19.1 Å². The van der Waals surface area contributed by atoms with Crippen LogP contribution >= 0.6 is 0 Å². The van der Waals surface area contributed by atoms with E-state index in [0.717, 1.165) is 36.8 Å². The molecule has 0 spiro atoms. The second-order valence-electron chi connectivity index (χ2n) is 8.65. The quantitative estimate of drug-likeness (QED) is 0.717. The lowest BCUT2D eigenvalue weighted by Gasteiger charge is -2.28. The molecule has 0 aromatic heterocycles. The summed E-state index contributed by atoms with van der Waals surface area (Å²) in [4.78, 5) is 28.5. The van der Waals surface area contributed by atoms with Gasteiger partial charge in [0.25, 0.3) is 5.91 Å². The molecule has 32 heavy (non-hydrogen) atoms. The molecule has 2 aromatic rings. The fraction of sp³-hybridized carbons (Fsp3) is 0.462. The van der Waals surface area contributed by atoms with E-state index in [2.05, 4.69) is 5.32 Å². The van der Waals surface area contributed by atoms with E-state index in [4.69, 9.17) is 9.47 Å². The van der Waals surface area contributed by atoms with Crippen LogP contribution in [-0.2, 0) is 11.3 Å². The fourth-order valence-electron chi connectivity index (χ4n) is 4.86. The highest BCUT2D eigenvalue weighted by Gasteiger charge is 2.41. The highest BCUT2D eigenvalue weighted by Crippen LogP contribution is 2.37. The van der Waals surface area contributed by atoms with Crippen LogP contribution < -0.4 is 14.8 Å². The average Bonchev–Trinajstić information content (AvgIpc) is 3.07. The molecule has 2 aromatic carbocycles. The number of methoxy groups -OCH3 is 2. The van der Waals surface area contributed by atoms with Gasteiger partial charge in [0.05, 0.1) is 20.8 Å². The number of hydrogen-bond acceptors (Lipinski definition) is 4. The molecule has 4 rings (SSSR count). The maximum atomic E-state index is 13.5. The summed E-state index contributed by atoms with van der Waals surface area (Å²) < 4.78 is 10.8. The highest BCUT2D eigenvalue weighted by atomic mass is 16.5. The molecule has 2 amide bonds. The van der Waals surface area contributed by atoms with E-state index >= 15 is 0 Å². The number of carbonyl (C=O) groups excluding carboxylic acids is 2. The summed E-state index contributed by atoms with van der Waals surface area (Å²) in [7, 11) is 3.20. The third kappa shape index (κ3) is 4.59. The molecule has 6 heteroatoms. The van der Waals surface area contributed by atoms with Crippen molar-refractivity contribution in [2.75, 3.05) is 14.2 Å². The minimum atomic E-state index is -0.643. The van der Waals surface area contributed by atoms with Gasteiger partial charge in [-0.1, -0.05) is 50.3 Å². The number of rotatable bonds is 6. The molecule has 6 nitrogen and oxygen atoms in total. The van der Waals surface area contributed by atoms with Gasteiger partial charge in [-0.25, -0.2) is 0 Å². The maximum absolute atomic E-state index is 13.5. The van der Waals surface area contributed by atoms with E-state index < -0.39 is 6.04 Å². The standard InChI is InChI=1S/C26H32N2O4/c1-31-20-15-14-18(23(16-20)32-2)17-28-24(21-12-8-9-13-22(21)26(28)30)25(29)27-19-10-6-4-3-5-7-11-19/h8-9,12-16,19,24H,3-7,10-11,17H2,1-2H3,(H,27,29). The molecule has 1 aliphatic heterocycles. The molecule has 170 valence electrons. The van der Waals surface area contributed by atoms with E-state index in [1.165, 1.54) is 19.3 Å². The van der Waals surface area contributed by atoms with Gasteiger partial charge in [-0.2, -0.15) is 0 Å². The number of fused-ring (bicyclic) bond motifs is 1. The van der Waals surface area contributed by atoms with Gasteiger partial charge in [-0.3, -0.25) is 9.59 Å². The Bertz CT molecular complexity index is 966. The van der Waals surface area contributed by atoms with Crippen LogP contribution in [0.4, 0.5) is 0 Å². The van der Waals surface area contributed by atoms with Crippen LogP contribution in [0, 0.1) is 0 Å². The van der Waals surface area contributed by atoms with Crippen molar-refractivity contribution in [1.29, 1.82) is 0 Å². The van der Waals surface area contributed by atoms with Crippen molar-refractivity contribution in [3.63, 3.8) is 0 Å². The smallest absolute Gasteiger partial charge is 0.255 e. The number of carbonyl (C=O) groups is 2. The second kappa shape index (κ2) is 10.1. The van der Waals surface area contributed by atoms with Crippen LogP contribution in [0.1, 0.15) is 72.5 Å².